The largest absolute Gasteiger partial charge is 0.378 e. The molecule has 6 heteroatoms. The van der Waals surface area contributed by atoms with E-state index in [4.69, 9.17) is 0 Å². The molecular formula is C19H18BrNO3S. The second kappa shape index (κ2) is 5.95. The smallest absolute Gasteiger partial charge is 0.175 e. The predicted octanol–water partition coefficient (Wildman–Crippen LogP) is 4.08. The fourth-order valence-electron chi connectivity index (χ4n) is 4.07. The van der Waals surface area contributed by atoms with Crippen molar-refractivity contribution >= 4 is 37.2 Å². The van der Waals surface area contributed by atoms with Crippen LogP contribution in [0.15, 0.2) is 51.8 Å². The van der Waals surface area contributed by atoms with Crippen LogP contribution < -0.4 is 5.32 Å². The van der Waals surface area contributed by atoms with Crippen molar-refractivity contribution in [3.8, 4) is 0 Å². The summed E-state index contributed by atoms with van der Waals surface area (Å²) in [5.74, 6) is 0.128. The molecule has 1 N–H and O–H groups in total. The molecule has 4 rings (SSSR count). The standard InChI is InChI=1S/C19H18BrNO3S/c1-25(23,24)13-6-8-16-15(10-13)18-14(7-9-17(18)22)19(21-16)11-2-4-12(20)5-3-11/h2-6,8,10,14,18-19,21H,7,9H2,1H3. The molecule has 1 heterocycles. The zero-order chi connectivity index (χ0) is 17.8. The first-order chi connectivity index (χ1) is 11.8. The van der Waals surface area contributed by atoms with E-state index in [0.717, 1.165) is 27.7 Å². The van der Waals surface area contributed by atoms with Crippen LogP contribution in [0.1, 0.15) is 35.9 Å². The molecule has 130 valence electrons. The maximum absolute atomic E-state index is 12.6. The van der Waals surface area contributed by atoms with Gasteiger partial charge in [0.15, 0.2) is 9.84 Å². The van der Waals surface area contributed by atoms with Crippen molar-refractivity contribution in [3.63, 3.8) is 0 Å². The van der Waals surface area contributed by atoms with E-state index in [1.165, 1.54) is 6.26 Å². The van der Waals surface area contributed by atoms with Crippen molar-refractivity contribution in [1.29, 1.82) is 0 Å². The van der Waals surface area contributed by atoms with Gasteiger partial charge < -0.3 is 5.32 Å². The summed E-state index contributed by atoms with van der Waals surface area (Å²) in [7, 11) is -3.30. The summed E-state index contributed by atoms with van der Waals surface area (Å²) < 4.78 is 24.8. The van der Waals surface area contributed by atoms with Crippen LogP contribution in [-0.2, 0) is 14.6 Å². The molecule has 2 aromatic rings. The third-order valence-corrected chi connectivity index (χ3v) is 6.89. The van der Waals surface area contributed by atoms with Gasteiger partial charge in [-0.05, 0) is 53.8 Å². The molecule has 0 bridgehead atoms. The molecule has 1 saturated carbocycles. The second-order valence-electron chi connectivity index (χ2n) is 6.84. The number of Topliss-reactive ketones (excluding diaryl/α,β-unsaturated/α-hetero) is 1. The third kappa shape index (κ3) is 2.91. The molecule has 3 unspecified atom stereocenters. The number of sulfone groups is 1. The van der Waals surface area contributed by atoms with E-state index >= 15 is 0 Å². The first-order valence-electron chi connectivity index (χ1n) is 8.23. The number of rotatable bonds is 2. The maximum atomic E-state index is 12.6. The molecule has 1 fully saturated rings. The predicted molar refractivity (Wildman–Crippen MR) is 101 cm³/mol. The monoisotopic (exact) mass is 419 g/mol. The van der Waals surface area contributed by atoms with E-state index in [2.05, 4.69) is 33.4 Å². The van der Waals surface area contributed by atoms with Gasteiger partial charge in [-0.25, -0.2) is 8.42 Å². The number of ketones is 1. The number of fused-ring (bicyclic) bond motifs is 3. The number of hydrogen-bond acceptors (Lipinski definition) is 4. The molecule has 4 nitrogen and oxygen atoms in total. The lowest BCUT2D eigenvalue weighted by atomic mass is 9.77. The Labute approximate surface area is 155 Å². The highest BCUT2D eigenvalue weighted by Gasteiger charge is 2.45. The zero-order valence-corrected chi connectivity index (χ0v) is 16.1. The minimum Gasteiger partial charge on any atom is -0.378 e. The fraction of sp³-hybridized carbons (Fsp3) is 0.316. The highest BCUT2D eigenvalue weighted by molar-refractivity contribution is 9.10. The van der Waals surface area contributed by atoms with E-state index in [1.807, 2.05) is 12.1 Å². The number of anilines is 1. The van der Waals surface area contributed by atoms with E-state index in [1.54, 1.807) is 18.2 Å². The molecule has 0 aromatic heterocycles. The molecule has 1 aliphatic carbocycles. The van der Waals surface area contributed by atoms with Crippen molar-refractivity contribution in [3.05, 3.63) is 58.1 Å². The van der Waals surface area contributed by atoms with Crippen LogP contribution in [0.4, 0.5) is 5.69 Å². The van der Waals surface area contributed by atoms with Crippen LogP contribution in [0.3, 0.4) is 0 Å². The van der Waals surface area contributed by atoms with Crippen LogP contribution >= 0.6 is 15.9 Å². The highest BCUT2D eigenvalue weighted by atomic mass is 79.9. The van der Waals surface area contributed by atoms with E-state index in [0.29, 0.717) is 6.42 Å². The number of carbonyl (C=O) groups is 1. The number of carbonyl (C=O) groups excluding carboxylic acids is 1. The van der Waals surface area contributed by atoms with Gasteiger partial charge in [-0.1, -0.05) is 28.1 Å². The van der Waals surface area contributed by atoms with Crippen LogP contribution in [0.2, 0.25) is 0 Å². The van der Waals surface area contributed by atoms with Crippen LogP contribution in [0.25, 0.3) is 0 Å². The van der Waals surface area contributed by atoms with Gasteiger partial charge >= 0.3 is 0 Å². The Hall–Kier alpha value is -1.66. The number of nitrogens with one attached hydrogen (secondary N) is 1. The van der Waals surface area contributed by atoms with Crippen molar-refractivity contribution < 1.29 is 13.2 Å². The van der Waals surface area contributed by atoms with Crippen LogP contribution in [0.5, 0.6) is 0 Å². The van der Waals surface area contributed by atoms with Crippen LogP contribution in [0, 0.1) is 5.92 Å². The fourth-order valence-corrected chi connectivity index (χ4v) is 4.99. The molecule has 1 aliphatic heterocycles. The van der Waals surface area contributed by atoms with Gasteiger partial charge in [-0.2, -0.15) is 0 Å². The van der Waals surface area contributed by atoms with Gasteiger partial charge in [0.1, 0.15) is 5.78 Å². The van der Waals surface area contributed by atoms with Gasteiger partial charge in [0.25, 0.3) is 0 Å². The molecule has 25 heavy (non-hydrogen) atoms. The van der Waals surface area contributed by atoms with Crippen LogP contribution in [-0.4, -0.2) is 20.5 Å². The molecule has 0 radical (unpaired) electrons. The first kappa shape index (κ1) is 16.8. The van der Waals surface area contributed by atoms with Gasteiger partial charge in [-0.3, -0.25) is 4.79 Å². The maximum Gasteiger partial charge on any atom is 0.175 e. The number of halogens is 1. The summed E-state index contributed by atoms with van der Waals surface area (Å²) in [6.07, 6.45) is 2.57. The lowest BCUT2D eigenvalue weighted by molar-refractivity contribution is -0.119. The van der Waals surface area contributed by atoms with Crippen molar-refractivity contribution in [2.45, 2.75) is 29.7 Å². The summed E-state index contributed by atoms with van der Waals surface area (Å²) in [6, 6.07) is 13.3. The lowest BCUT2D eigenvalue weighted by Crippen LogP contribution is -2.31. The SMILES string of the molecule is CS(=O)(=O)c1ccc2c(c1)C1C(=O)CCC1C(c1ccc(Br)cc1)N2. The van der Waals surface area contributed by atoms with E-state index in [9.17, 15) is 13.2 Å². The quantitative estimate of drug-likeness (QED) is 0.795. The molecule has 0 spiro atoms. The zero-order valence-electron chi connectivity index (χ0n) is 13.7. The second-order valence-corrected chi connectivity index (χ2v) is 9.77. The third-order valence-electron chi connectivity index (χ3n) is 5.25. The lowest BCUT2D eigenvalue weighted by Gasteiger charge is -2.37. The Kier molecular flexibility index (Phi) is 4.00. The summed E-state index contributed by atoms with van der Waals surface area (Å²) >= 11 is 3.46. The van der Waals surface area contributed by atoms with E-state index in [-0.39, 0.29) is 28.6 Å². The van der Waals surface area contributed by atoms with Crippen molar-refractivity contribution in [2.75, 3.05) is 11.6 Å². The molecular weight excluding hydrogens is 402 g/mol. The Morgan fingerprint density at radius 3 is 2.52 bits per heavy atom. The number of benzene rings is 2. The van der Waals surface area contributed by atoms with E-state index < -0.39 is 9.84 Å². The summed E-state index contributed by atoms with van der Waals surface area (Å²) in [6.45, 7) is 0. The first-order valence-corrected chi connectivity index (χ1v) is 10.9. The minimum atomic E-state index is -3.30. The Balaban J connectivity index is 1.82. The van der Waals surface area contributed by atoms with Crippen molar-refractivity contribution in [2.24, 2.45) is 5.92 Å². The summed E-state index contributed by atoms with van der Waals surface area (Å²) in [5, 5.41) is 3.54. The molecule has 0 saturated heterocycles. The Bertz CT molecular complexity index is 953. The minimum absolute atomic E-state index is 0.0566. The molecule has 0 amide bonds. The average Bonchev–Trinajstić information content (AvgIpc) is 2.96. The summed E-state index contributed by atoms with van der Waals surface area (Å²) in [4.78, 5) is 12.9. The Morgan fingerprint density at radius 2 is 1.84 bits per heavy atom. The summed E-state index contributed by atoms with van der Waals surface area (Å²) in [5.41, 5.74) is 2.83. The topological polar surface area (TPSA) is 63.2 Å². The molecule has 3 atom stereocenters. The Morgan fingerprint density at radius 1 is 1.12 bits per heavy atom. The van der Waals surface area contributed by atoms with Gasteiger partial charge in [0.05, 0.1) is 10.9 Å². The normalized spacial score (nSPS) is 25.2. The van der Waals surface area contributed by atoms with Gasteiger partial charge in [0.2, 0.25) is 0 Å². The number of hydrogen-bond donors (Lipinski definition) is 1. The molecule has 2 aliphatic rings. The van der Waals surface area contributed by atoms with Gasteiger partial charge in [-0.15, -0.1) is 0 Å². The average molecular weight is 420 g/mol. The van der Waals surface area contributed by atoms with Crippen molar-refractivity contribution in [1.82, 2.24) is 0 Å². The highest BCUT2D eigenvalue weighted by Crippen LogP contribution is 2.51. The van der Waals surface area contributed by atoms with Gasteiger partial charge in [0, 0.05) is 28.8 Å². The molecule has 2 aromatic carbocycles.